The summed E-state index contributed by atoms with van der Waals surface area (Å²) in [5.74, 6) is 0.403. The van der Waals surface area contributed by atoms with E-state index in [9.17, 15) is 9.90 Å². The molecule has 108 valence electrons. The molecule has 1 amide bonds. The fraction of sp³-hybridized carbons (Fsp3) is 0.188. The molecule has 5 nitrogen and oxygen atoms in total. The third-order valence-electron chi connectivity index (χ3n) is 3.55. The topological polar surface area (TPSA) is 70.6 Å². The quantitative estimate of drug-likeness (QED) is 0.757. The number of para-hydroxylation sites is 1. The maximum Gasteiger partial charge on any atom is 0.247 e. The fourth-order valence-corrected chi connectivity index (χ4v) is 2.42. The van der Waals surface area contributed by atoms with Crippen LogP contribution in [0.15, 0.2) is 42.5 Å². The minimum atomic E-state index is -0.340. The number of amides is 1. The number of phenols is 1. The largest absolute Gasteiger partial charge is 0.506 e. The zero-order chi connectivity index (χ0) is 14.8. The third kappa shape index (κ3) is 2.63. The van der Waals surface area contributed by atoms with E-state index in [0.717, 1.165) is 11.3 Å². The van der Waals surface area contributed by atoms with Crippen molar-refractivity contribution < 1.29 is 14.6 Å². The van der Waals surface area contributed by atoms with Gasteiger partial charge in [0.1, 0.15) is 17.5 Å². The second-order valence-corrected chi connectivity index (χ2v) is 4.93. The molecule has 0 spiro atoms. The van der Waals surface area contributed by atoms with E-state index >= 15 is 0 Å². The Morgan fingerprint density at radius 2 is 2.14 bits per heavy atom. The van der Waals surface area contributed by atoms with Gasteiger partial charge in [0.15, 0.2) is 0 Å². The van der Waals surface area contributed by atoms with Crippen molar-refractivity contribution >= 4 is 17.3 Å². The van der Waals surface area contributed by atoms with Gasteiger partial charge in [0.05, 0.1) is 12.8 Å². The standard InChI is InChI=1S/C16H16N2O3/c1-21-11-6-7-15(19)13(9-11)18-16(20)14-8-10-4-2-3-5-12(10)17-14/h2-7,9,14,17,19H,8H2,1H3,(H,18,20). The van der Waals surface area contributed by atoms with Gasteiger partial charge in [-0.2, -0.15) is 0 Å². The fourth-order valence-electron chi connectivity index (χ4n) is 2.42. The molecule has 3 rings (SSSR count). The summed E-state index contributed by atoms with van der Waals surface area (Å²) in [6.07, 6.45) is 0.632. The number of aromatic hydroxyl groups is 1. The molecule has 1 aliphatic heterocycles. The van der Waals surface area contributed by atoms with E-state index in [1.165, 1.54) is 13.2 Å². The minimum Gasteiger partial charge on any atom is -0.506 e. The first kappa shape index (κ1) is 13.3. The molecular weight excluding hydrogens is 268 g/mol. The van der Waals surface area contributed by atoms with E-state index in [0.29, 0.717) is 17.9 Å². The van der Waals surface area contributed by atoms with Crippen molar-refractivity contribution in [2.45, 2.75) is 12.5 Å². The van der Waals surface area contributed by atoms with Crippen LogP contribution in [-0.2, 0) is 11.2 Å². The third-order valence-corrected chi connectivity index (χ3v) is 3.55. The van der Waals surface area contributed by atoms with Gasteiger partial charge in [-0.15, -0.1) is 0 Å². The van der Waals surface area contributed by atoms with Crippen molar-refractivity contribution in [1.29, 1.82) is 0 Å². The number of fused-ring (bicyclic) bond motifs is 1. The zero-order valence-corrected chi connectivity index (χ0v) is 11.6. The summed E-state index contributed by atoms with van der Waals surface area (Å²) < 4.78 is 5.09. The molecule has 1 heterocycles. The lowest BCUT2D eigenvalue weighted by Gasteiger charge is -2.13. The van der Waals surface area contributed by atoms with Crippen LogP contribution in [0, 0.1) is 0 Å². The first-order valence-electron chi connectivity index (χ1n) is 6.69. The van der Waals surface area contributed by atoms with Crippen molar-refractivity contribution in [2.75, 3.05) is 17.7 Å². The Balaban J connectivity index is 1.74. The van der Waals surface area contributed by atoms with E-state index in [1.807, 2.05) is 24.3 Å². The van der Waals surface area contributed by atoms with Crippen LogP contribution in [0.4, 0.5) is 11.4 Å². The van der Waals surface area contributed by atoms with Gasteiger partial charge >= 0.3 is 0 Å². The number of nitrogens with one attached hydrogen (secondary N) is 2. The second-order valence-electron chi connectivity index (χ2n) is 4.93. The number of carbonyl (C=O) groups is 1. The Morgan fingerprint density at radius 3 is 2.90 bits per heavy atom. The summed E-state index contributed by atoms with van der Waals surface area (Å²) in [7, 11) is 1.53. The van der Waals surface area contributed by atoms with Crippen molar-refractivity contribution in [3.05, 3.63) is 48.0 Å². The molecule has 2 aromatic carbocycles. The molecule has 0 aromatic heterocycles. The monoisotopic (exact) mass is 284 g/mol. The first-order chi connectivity index (χ1) is 10.2. The second kappa shape index (κ2) is 5.36. The minimum absolute atomic E-state index is 0.0136. The van der Waals surface area contributed by atoms with Crippen LogP contribution in [0.25, 0.3) is 0 Å². The van der Waals surface area contributed by atoms with Crippen LogP contribution >= 0.6 is 0 Å². The Hall–Kier alpha value is -2.69. The van der Waals surface area contributed by atoms with Gasteiger partial charge in [-0.1, -0.05) is 18.2 Å². The molecule has 0 bridgehead atoms. The van der Waals surface area contributed by atoms with E-state index in [1.54, 1.807) is 12.1 Å². The number of methoxy groups -OCH3 is 1. The van der Waals surface area contributed by atoms with E-state index < -0.39 is 0 Å². The maximum atomic E-state index is 12.3. The number of hydrogen-bond acceptors (Lipinski definition) is 4. The highest BCUT2D eigenvalue weighted by Crippen LogP contribution is 2.30. The predicted molar refractivity (Wildman–Crippen MR) is 80.8 cm³/mol. The Kier molecular flexibility index (Phi) is 3.39. The van der Waals surface area contributed by atoms with Crippen LogP contribution in [0.2, 0.25) is 0 Å². The van der Waals surface area contributed by atoms with Gasteiger partial charge in [-0.25, -0.2) is 0 Å². The van der Waals surface area contributed by atoms with Crippen LogP contribution in [-0.4, -0.2) is 24.2 Å². The van der Waals surface area contributed by atoms with Crippen LogP contribution < -0.4 is 15.4 Å². The average molecular weight is 284 g/mol. The average Bonchev–Trinajstić information content (AvgIpc) is 2.93. The van der Waals surface area contributed by atoms with Crippen LogP contribution in [0.1, 0.15) is 5.56 Å². The molecule has 0 saturated carbocycles. The molecule has 21 heavy (non-hydrogen) atoms. The van der Waals surface area contributed by atoms with Gasteiger partial charge in [-0.3, -0.25) is 4.79 Å². The number of hydrogen-bond donors (Lipinski definition) is 3. The highest BCUT2D eigenvalue weighted by atomic mass is 16.5. The molecule has 3 N–H and O–H groups in total. The highest BCUT2D eigenvalue weighted by molar-refractivity contribution is 5.99. The summed E-state index contributed by atoms with van der Waals surface area (Å²) in [6.45, 7) is 0. The first-order valence-corrected chi connectivity index (χ1v) is 6.69. The molecular formula is C16H16N2O3. The van der Waals surface area contributed by atoms with Crippen LogP contribution in [0.3, 0.4) is 0 Å². The number of phenolic OH excluding ortho intramolecular Hbond substituents is 1. The van der Waals surface area contributed by atoms with Gasteiger partial charge < -0.3 is 20.5 Å². The summed E-state index contributed by atoms with van der Waals surface area (Å²) in [5, 5.41) is 15.7. The molecule has 1 unspecified atom stereocenters. The Labute approximate surface area is 122 Å². The molecule has 0 fully saturated rings. The van der Waals surface area contributed by atoms with Gasteiger partial charge in [0.2, 0.25) is 5.91 Å². The van der Waals surface area contributed by atoms with E-state index in [4.69, 9.17) is 4.74 Å². The molecule has 0 radical (unpaired) electrons. The van der Waals surface area contributed by atoms with Crippen molar-refractivity contribution in [3.8, 4) is 11.5 Å². The Bertz CT molecular complexity index is 660. The molecule has 2 aromatic rings. The predicted octanol–water partition coefficient (Wildman–Crippen LogP) is 2.38. The van der Waals surface area contributed by atoms with E-state index in [-0.39, 0.29) is 17.7 Å². The molecule has 1 atom stereocenters. The van der Waals surface area contributed by atoms with Crippen molar-refractivity contribution in [2.24, 2.45) is 0 Å². The van der Waals surface area contributed by atoms with Gasteiger partial charge in [0.25, 0.3) is 0 Å². The van der Waals surface area contributed by atoms with Gasteiger partial charge in [0, 0.05) is 18.2 Å². The smallest absolute Gasteiger partial charge is 0.247 e. The lowest BCUT2D eigenvalue weighted by atomic mass is 10.1. The summed E-state index contributed by atoms with van der Waals surface area (Å²) in [4.78, 5) is 12.3. The number of rotatable bonds is 3. The lowest BCUT2D eigenvalue weighted by molar-refractivity contribution is -0.116. The maximum absolute atomic E-state index is 12.3. The SMILES string of the molecule is COc1ccc(O)c(NC(=O)C2Cc3ccccc3N2)c1. The Morgan fingerprint density at radius 1 is 1.33 bits per heavy atom. The highest BCUT2D eigenvalue weighted by Gasteiger charge is 2.26. The zero-order valence-electron chi connectivity index (χ0n) is 11.6. The van der Waals surface area contributed by atoms with Crippen molar-refractivity contribution in [1.82, 2.24) is 0 Å². The van der Waals surface area contributed by atoms with Gasteiger partial charge in [-0.05, 0) is 23.8 Å². The summed E-state index contributed by atoms with van der Waals surface area (Å²) >= 11 is 0. The number of ether oxygens (including phenoxy) is 1. The van der Waals surface area contributed by atoms with E-state index in [2.05, 4.69) is 10.6 Å². The molecule has 0 aliphatic carbocycles. The summed E-state index contributed by atoms with van der Waals surface area (Å²) in [6, 6.07) is 12.2. The summed E-state index contributed by atoms with van der Waals surface area (Å²) in [5.41, 5.74) is 2.44. The number of benzene rings is 2. The molecule has 1 aliphatic rings. The normalized spacial score (nSPS) is 16.0. The lowest BCUT2D eigenvalue weighted by Crippen LogP contribution is -2.32. The molecule has 5 heteroatoms. The number of carbonyl (C=O) groups excluding carboxylic acids is 1. The molecule has 0 saturated heterocycles. The van der Waals surface area contributed by atoms with Crippen LogP contribution in [0.5, 0.6) is 11.5 Å². The number of anilines is 2. The van der Waals surface area contributed by atoms with Crippen molar-refractivity contribution in [3.63, 3.8) is 0 Å².